The predicted octanol–water partition coefficient (Wildman–Crippen LogP) is 2.33. The summed E-state index contributed by atoms with van der Waals surface area (Å²) in [6.45, 7) is 1.92. The quantitative estimate of drug-likeness (QED) is 0.694. The molecule has 104 valence electrons. The average molecular weight is 291 g/mol. The second kappa shape index (κ2) is 6.39. The van der Waals surface area contributed by atoms with Gasteiger partial charge in [0.25, 0.3) is 5.91 Å². The van der Waals surface area contributed by atoms with Gasteiger partial charge in [0, 0.05) is 17.1 Å². The first-order valence-corrected chi connectivity index (χ1v) is 6.66. The Morgan fingerprint density at radius 3 is 2.70 bits per heavy atom. The number of hydrogen-bond donors (Lipinski definition) is 1. The van der Waals surface area contributed by atoms with Gasteiger partial charge in [-0.15, -0.1) is 0 Å². The Morgan fingerprint density at radius 1 is 1.35 bits per heavy atom. The van der Waals surface area contributed by atoms with Crippen LogP contribution in [0.15, 0.2) is 48.8 Å². The molecule has 0 aliphatic rings. The summed E-state index contributed by atoms with van der Waals surface area (Å²) in [6.07, 6.45) is 3.30. The SMILES string of the molecule is CC(Cc1ccc(Cl)cc1)NC(=O)c1ccc[n+]([O-])c1. The van der Waals surface area contributed by atoms with Crippen molar-refractivity contribution in [1.82, 2.24) is 5.32 Å². The first-order valence-electron chi connectivity index (χ1n) is 6.29. The van der Waals surface area contributed by atoms with Crippen LogP contribution in [0.4, 0.5) is 0 Å². The largest absolute Gasteiger partial charge is 0.619 e. The molecule has 0 aliphatic heterocycles. The zero-order valence-electron chi connectivity index (χ0n) is 11.0. The minimum atomic E-state index is -0.253. The van der Waals surface area contributed by atoms with Gasteiger partial charge in [-0.1, -0.05) is 23.7 Å². The molecule has 1 heterocycles. The first kappa shape index (κ1) is 14.3. The van der Waals surface area contributed by atoms with Gasteiger partial charge in [0.2, 0.25) is 0 Å². The number of carbonyl (C=O) groups excluding carboxylic acids is 1. The molecular weight excluding hydrogens is 276 g/mol. The summed E-state index contributed by atoms with van der Waals surface area (Å²) >= 11 is 5.83. The fourth-order valence-electron chi connectivity index (χ4n) is 1.92. The van der Waals surface area contributed by atoms with Gasteiger partial charge in [0.15, 0.2) is 12.4 Å². The van der Waals surface area contributed by atoms with Crippen LogP contribution in [0, 0.1) is 5.21 Å². The van der Waals surface area contributed by atoms with Crippen molar-refractivity contribution >= 4 is 17.5 Å². The Bertz CT molecular complexity index is 599. The van der Waals surface area contributed by atoms with Crippen LogP contribution in [-0.2, 0) is 6.42 Å². The molecule has 20 heavy (non-hydrogen) atoms. The van der Waals surface area contributed by atoms with Gasteiger partial charge in [-0.05, 0) is 37.1 Å². The van der Waals surface area contributed by atoms with E-state index in [-0.39, 0.29) is 11.9 Å². The highest BCUT2D eigenvalue weighted by Gasteiger charge is 2.12. The Kier molecular flexibility index (Phi) is 4.58. The summed E-state index contributed by atoms with van der Waals surface area (Å²) in [7, 11) is 0. The normalized spacial score (nSPS) is 11.9. The van der Waals surface area contributed by atoms with Crippen molar-refractivity contribution < 1.29 is 9.52 Å². The molecule has 0 bridgehead atoms. The molecule has 5 heteroatoms. The molecule has 2 rings (SSSR count). The third-order valence-electron chi connectivity index (χ3n) is 2.87. The number of aromatic nitrogens is 1. The van der Waals surface area contributed by atoms with Crippen molar-refractivity contribution in [2.45, 2.75) is 19.4 Å². The van der Waals surface area contributed by atoms with E-state index >= 15 is 0 Å². The third kappa shape index (κ3) is 3.96. The van der Waals surface area contributed by atoms with Gasteiger partial charge in [-0.3, -0.25) is 4.79 Å². The molecule has 0 aliphatic carbocycles. The molecule has 1 atom stereocenters. The van der Waals surface area contributed by atoms with Crippen molar-refractivity contribution in [3.8, 4) is 0 Å². The number of carbonyl (C=O) groups is 1. The van der Waals surface area contributed by atoms with Crippen LogP contribution in [0.5, 0.6) is 0 Å². The number of nitrogens with one attached hydrogen (secondary N) is 1. The van der Waals surface area contributed by atoms with E-state index in [0.29, 0.717) is 21.7 Å². The van der Waals surface area contributed by atoms with E-state index in [2.05, 4.69) is 5.32 Å². The Balaban J connectivity index is 1.95. The molecule has 1 N–H and O–H groups in total. The number of nitrogens with zero attached hydrogens (tertiary/aromatic N) is 1. The van der Waals surface area contributed by atoms with E-state index in [1.54, 1.807) is 12.1 Å². The van der Waals surface area contributed by atoms with E-state index in [9.17, 15) is 10.0 Å². The maximum absolute atomic E-state index is 12.0. The van der Waals surface area contributed by atoms with Crippen LogP contribution in [0.3, 0.4) is 0 Å². The first-order chi connectivity index (χ1) is 9.54. The summed E-state index contributed by atoms with van der Waals surface area (Å²) in [6, 6.07) is 10.6. The van der Waals surface area contributed by atoms with E-state index in [1.165, 1.54) is 12.4 Å². The Morgan fingerprint density at radius 2 is 2.05 bits per heavy atom. The van der Waals surface area contributed by atoms with E-state index in [4.69, 9.17) is 11.6 Å². The van der Waals surface area contributed by atoms with Crippen LogP contribution >= 0.6 is 11.6 Å². The van der Waals surface area contributed by atoms with E-state index in [1.807, 2.05) is 31.2 Å². The molecule has 0 saturated carbocycles. The molecule has 0 saturated heterocycles. The fourth-order valence-corrected chi connectivity index (χ4v) is 2.05. The van der Waals surface area contributed by atoms with Gasteiger partial charge in [-0.2, -0.15) is 4.73 Å². The standard InChI is InChI=1S/C15H15ClN2O2/c1-11(9-12-4-6-14(16)7-5-12)17-15(19)13-3-2-8-18(20)10-13/h2-8,10-11H,9H2,1H3,(H,17,19). The second-order valence-corrected chi connectivity index (χ2v) is 5.09. The average Bonchev–Trinajstić information content (AvgIpc) is 2.41. The highest BCUT2D eigenvalue weighted by atomic mass is 35.5. The molecule has 1 unspecified atom stereocenters. The van der Waals surface area contributed by atoms with Gasteiger partial charge in [-0.25, -0.2) is 0 Å². The number of benzene rings is 1. The molecule has 1 aromatic carbocycles. The molecular formula is C15H15ClN2O2. The van der Waals surface area contributed by atoms with Gasteiger partial charge < -0.3 is 10.5 Å². The number of pyridine rings is 1. The topological polar surface area (TPSA) is 56.0 Å². The highest BCUT2D eigenvalue weighted by Crippen LogP contribution is 2.11. The van der Waals surface area contributed by atoms with E-state index in [0.717, 1.165) is 5.56 Å². The van der Waals surface area contributed by atoms with Crippen LogP contribution in [-0.4, -0.2) is 11.9 Å². The molecule has 4 nitrogen and oxygen atoms in total. The lowest BCUT2D eigenvalue weighted by Gasteiger charge is -2.13. The molecule has 2 aromatic rings. The van der Waals surface area contributed by atoms with Gasteiger partial charge >= 0.3 is 0 Å². The second-order valence-electron chi connectivity index (χ2n) is 4.66. The number of rotatable bonds is 4. The van der Waals surface area contributed by atoms with Crippen LogP contribution in [0.2, 0.25) is 5.02 Å². The van der Waals surface area contributed by atoms with Crippen molar-refractivity contribution in [3.05, 3.63) is 70.1 Å². The van der Waals surface area contributed by atoms with Crippen molar-refractivity contribution in [2.24, 2.45) is 0 Å². The third-order valence-corrected chi connectivity index (χ3v) is 3.12. The zero-order valence-corrected chi connectivity index (χ0v) is 11.8. The molecule has 0 radical (unpaired) electrons. The lowest BCUT2D eigenvalue weighted by molar-refractivity contribution is -0.605. The Labute approximate surface area is 122 Å². The molecule has 1 amide bonds. The van der Waals surface area contributed by atoms with Gasteiger partial charge in [0.1, 0.15) is 5.56 Å². The lowest BCUT2D eigenvalue weighted by atomic mass is 10.1. The van der Waals surface area contributed by atoms with Crippen molar-refractivity contribution in [1.29, 1.82) is 0 Å². The number of halogens is 1. The molecule has 0 fully saturated rings. The maximum atomic E-state index is 12.0. The molecule has 0 spiro atoms. The van der Waals surface area contributed by atoms with Crippen LogP contribution in [0.1, 0.15) is 22.8 Å². The fraction of sp³-hybridized carbons (Fsp3) is 0.200. The number of hydrogen-bond acceptors (Lipinski definition) is 2. The predicted molar refractivity (Wildman–Crippen MR) is 77.5 cm³/mol. The lowest BCUT2D eigenvalue weighted by Crippen LogP contribution is -2.36. The smallest absolute Gasteiger partial charge is 0.257 e. The number of amides is 1. The molecule has 1 aromatic heterocycles. The van der Waals surface area contributed by atoms with Crippen LogP contribution in [0.25, 0.3) is 0 Å². The minimum absolute atomic E-state index is 0.0380. The van der Waals surface area contributed by atoms with Crippen LogP contribution < -0.4 is 10.0 Å². The maximum Gasteiger partial charge on any atom is 0.257 e. The monoisotopic (exact) mass is 290 g/mol. The Hall–Kier alpha value is -2.07. The minimum Gasteiger partial charge on any atom is -0.619 e. The zero-order chi connectivity index (χ0) is 14.5. The van der Waals surface area contributed by atoms with Crippen molar-refractivity contribution in [3.63, 3.8) is 0 Å². The van der Waals surface area contributed by atoms with Gasteiger partial charge in [0.05, 0.1) is 0 Å². The highest BCUT2D eigenvalue weighted by molar-refractivity contribution is 6.30. The van der Waals surface area contributed by atoms with Crippen molar-refractivity contribution in [2.75, 3.05) is 0 Å². The summed E-state index contributed by atoms with van der Waals surface area (Å²) < 4.78 is 0.610. The summed E-state index contributed by atoms with van der Waals surface area (Å²) in [4.78, 5) is 12.0. The van der Waals surface area contributed by atoms with E-state index < -0.39 is 0 Å². The summed E-state index contributed by atoms with van der Waals surface area (Å²) in [5.41, 5.74) is 1.44. The summed E-state index contributed by atoms with van der Waals surface area (Å²) in [5, 5.41) is 14.7. The summed E-state index contributed by atoms with van der Waals surface area (Å²) in [5.74, 6) is -0.253.